The zero-order chi connectivity index (χ0) is 19.4. The summed E-state index contributed by atoms with van der Waals surface area (Å²) >= 11 is 0. The lowest BCUT2D eigenvalue weighted by Crippen LogP contribution is -2.44. The van der Waals surface area contributed by atoms with Crippen molar-refractivity contribution < 1.29 is 13.2 Å². The van der Waals surface area contributed by atoms with Crippen LogP contribution in [0.4, 0.5) is 5.69 Å². The number of benzene rings is 2. The summed E-state index contributed by atoms with van der Waals surface area (Å²) in [5.74, 6) is -0.0647. The van der Waals surface area contributed by atoms with E-state index in [2.05, 4.69) is 0 Å². The Morgan fingerprint density at radius 1 is 1.04 bits per heavy atom. The predicted molar refractivity (Wildman–Crippen MR) is 107 cm³/mol. The SMILES string of the molecule is CCN(C(=O)C1CCN(S(=O)(=O)c2ccccc2C)CC1)c1ccccc1. The van der Waals surface area contributed by atoms with E-state index in [9.17, 15) is 13.2 Å². The third-order valence-corrected chi connectivity index (χ3v) is 7.22. The van der Waals surface area contributed by atoms with Gasteiger partial charge in [-0.15, -0.1) is 0 Å². The molecule has 1 aliphatic rings. The summed E-state index contributed by atoms with van der Waals surface area (Å²) in [6, 6.07) is 16.7. The van der Waals surface area contributed by atoms with Crippen molar-refractivity contribution in [2.75, 3.05) is 24.5 Å². The number of rotatable bonds is 5. The first-order chi connectivity index (χ1) is 12.9. The zero-order valence-electron chi connectivity index (χ0n) is 15.8. The molecule has 5 nitrogen and oxygen atoms in total. The number of carbonyl (C=O) groups excluding carboxylic acids is 1. The van der Waals surface area contributed by atoms with Crippen molar-refractivity contribution in [1.82, 2.24) is 4.31 Å². The summed E-state index contributed by atoms with van der Waals surface area (Å²) in [7, 11) is -3.51. The van der Waals surface area contributed by atoms with Gasteiger partial charge >= 0.3 is 0 Å². The van der Waals surface area contributed by atoms with Gasteiger partial charge in [-0.25, -0.2) is 8.42 Å². The molecule has 0 N–H and O–H groups in total. The maximum atomic E-state index is 13.0. The van der Waals surface area contributed by atoms with Crippen LogP contribution in [0.1, 0.15) is 25.3 Å². The van der Waals surface area contributed by atoms with Crippen LogP contribution in [0.2, 0.25) is 0 Å². The van der Waals surface area contributed by atoms with Crippen LogP contribution in [0.5, 0.6) is 0 Å². The monoisotopic (exact) mass is 386 g/mol. The number of hydrogen-bond acceptors (Lipinski definition) is 3. The van der Waals surface area contributed by atoms with Gasteiger partial charge in [-0.3, -0.25) is 4.79 Å². The maximum absolute atomic E-state index is 13.0. The number of amides is 1. The number of piperidine rings is 1. The van der Waals surface area contributed by atoms with Gasteiger partial charge in [0.2, 0.25) is 15.9 Å². The highest BCUT2D eigenvalue weighted by molar-refractivity contribution is 7.89. The standard InChI is InChI=1S/C21H26N2O3S/c1-3-23(19-10-5-4-6-11-19)21(24)18-13-15-22(16-14-18)27(25,26)20-12-8-7-9-17(20)2/h4-12,18H,3,13-16H2,1-2H3. The van der Waals surface area contributed by atoms with Gasteiger partial charge in [0.05, 0.1) is 4.90 Å². The van der Waals surface area contributed by atoms with Crippen molar-refractivity contribution in [2.45, 2.75) is 31.6 Å². The number of nitrogens with zero attached hydrogens (tertiary/aromatic N) is 2. The molecular weight excluding hydrogens is 360 g/mol. The third-order valence-electron chi connectivity index (χ3n) is 5.16. The van der Waals surface area contributed by atoms with Crippen molar-refractivity contribution in [3.8, 4) is 0 Å². The molecule has 0 aliphatic carbocycles. The third kappa shape index (κ3) is 4.06. The van der Waals surface area contributed by atoms with E-state index in [0.717, 1.165) is 11.3 Å². The summed E-state index contributed by atoms with van der Waals surface area (Å²) < 4.78 is 27.4. The molecule has 1 saturated heterocycles. The molecule has 2 aromatic rings. The first kappa shape index (κ1) is 19.6. The minimum Gasteiger partial charge on any atom is -0.312 e. The molecule has 0 unspecified atom stereocenters. The average Bonchev–Trinajstić information content (AvgIpc) is 2.69. The van der Waals surface area contributed by atoms with Gasteiger partial charge in [-0.1, -0.05) is 36.4 Å². The number of carbonyl (C=O) groups is 1. The van der Waals surface area contributed by atoms with Gasteiger partial charge in [0.25, 0.3) is 0 Å². The average molecular weight is 387 g/mol. The molecular formula is C21H26N2O3S. The Morgan fingerprint density at radius 3 is 2.22 bits per heavy atom. The molecule has 0 radical (unpaired) electrons. The fourth-order valence-corrected chi connectivity index (χ4v) is 5.32. The van der Waals surface area contributed by atoms with Gasteiger partial charge in [-0.2, -0.15) is 4.31 Å². The normalized spacial score (nSPS) is 16.2. The Labute approximate surface area is 161 Å². The van der Waals surface area contributed by atoms with Crippen molar-refractivity contribution in [2.24, 2.45) is 5.92 Å². The van der Waals surface area contributed by atoms with Crippen LogP contribution in [-0.4, -0.2) is 38.3 Å². The minimum absolute atomic E-state index is 0.0802. The van der Waals surface area contributed by atoms with Gasteiger partial charge in [0.15, 0.2) is 0 Å². The van der Waals surface area contributed by atoms with Gasteiger partial charge in [-0.05, 0) is 50.5 Å². The maximum Gasteiger partial charge on any atom is 0.243 e. The van der Waals surface area contributed by atoms with E-state index in [0.29, 0.717) is 37.4 Å². The summed E-state index contributed by atoms with van der Waals surface area (Å²) in [5, 5.41) is 0. The van der Waals surface area contributed by atoms with Gasteiger partial charge in [0.1, 0.15) is 0 Å². The van der Waals surface area contributed by atoms with Crippen molar-refractivity contribution in [1.29, 1.82) is 0 Å². The fraction of sp³-hybridized carbons (Fsp3) is 0.381. The first-order valence-corrected chi connectivity index (χ1v) is 10.8. The fourth-order valence-electron chi connectivity index (χ4n) is 3.62. The van der Waals surface area contributed by atoms with Crippen LogP contribution in [0.3, 0.4) is 0 Å². The second-order valence-electron chi connectivity index (χ2n) is 6.86. The van der Waals surface area contributed by atoms with Crippen LogP contribution < -0.4 is 4.90 Å². The topological polar surface area (TPSA) is 57.7 Å². The smallest absolute Gasteiger partial charge is 0.243 e. The van der Waals surface area contributed by atoms with Crippen LogP contribution in [-0.2, 0) is 14.8 Å². The van der Waals surface area contributed by atoms with E-state index in [1.54, 1.807) is 17.0 Å². The Hall–Kier alpha value is -2.18. The Balaban J connectivity index is 1.70. The second kappa shape index (κ2) is 8.23. The van der Waals surface area contributed by atoms with E-state index in [1.807, 2.05) is 56.3 Å². The molecule has 0 aromatic heterocycles. The summed E-state index contributed by atoms with van der Waals surface area (Å²) in [6.45, 7) is 5.12. The van der Waals surface area contributed by atoms with Crippen LogP contribution in [0.25, 0.3) is 0 Å². The molecule has 1 heterocycles. The number of aryl methyl sites for hydroxylation is 1. The number of para-hydroxylation sites is 1. The summed E-state index contributed by atoms with van der Waals surface area (Å²) in [6.07, 6.45) is 1.10. The molecule has 0 atom stereocenters. The minimum atomic E-state index is -3.51. The van der Waals surface area contributed by atoms with E-state index >= 15 is 0 Å². The highest BCUT2D eigenvalue weighted by Gasteiger charge is 2.34. The lowest BCUT2D eigenvalue weighted by atomic mass is 9.96. The molecule has 144 valence electrons. The second-order valence-corrected chi connectivity index (χ2v) is 8.77. The predicted octanol–water partition coefficient (Wildman–Crippen LogP) is 3.45. The highest BCUT2D eigenvalue weighted by atomic mass is 32.2. The molecule has 0 saturated carbocycles. The number of hydrogen-bond donors (Lipinski definition) is 0. The highest BCUT2D eigenvalue weighted by Crippen LogP contribution is 2.27. The zero-order valence-corrected chi connectivity index (χ0v) is 16.7. The molecule has 0 bridgehead atoms. The Bertz CT molecular complexity index is 889. The number of sulfonamides is 1. The van der Waals surface area contributed by atoms with Crippen molar-refractivity contribution in [3.63, 3.8) is 0 Å². The quantitative estimate of drug-likeness (QED) is 0.791. The largest absolute Gasteiger partial charge is 0.312 e. The lowest BCUT2D eigenvalue weighted by molar-refractivity contribution is -0.123. The molecule has 2 aromatic carbocycles. The van der Waals surface area contributed by atoms with Crippen molar-refractivity contribution >= 4 is 21.6 Å². The van der Waals surface area contributed by atoms with E-state index in [1.165, 1.54) is 4.31 Å². The van der Waals surface area contributed by atoms with E-state index < -0.39 is 10.0 Å². The first-order valence-electron chi connectivity index (χ1n) is 9.37. The summed E-state index contributed by atoms with van der Waals surface area (Å²) in [4.78, 5) is 15.1. The summed E-state index contributed by atoms with van der Waals surface area (Å²) in [5.41, 5.74) is 1.64. The molecule has 3 rings (SSSR count). The molecule has 1 amide bonds. The van der Waals surface area contributed by atoms with Crippen molar-refractivity contribution in [3.05, 3.63) is 60.2 Å². The van der Waals surface area contributed by atoms with Gasteiger partial charge < -0.3 is 4.90 Å². The molecule has 1 fully saturated rings. The Kier molecular flexibility index (Phi) is 5.97. The molecule has 0 spiro atoms. The van der Waals surface area contributed by atoms with Crippen LogP contribution >= 0.6 is 0 Å². The molecule has 1 aliphatic heterocycles. The number of anilines is 1. The lowest BCUT2D eigenvalue weighted by Gasteiger charge is -2.33. The molecule has 6 heteroatoms. The van der Waals surface area contributed by atoms with E-state index in [4.69, 9.17) is 0 Å². The van der Waals surface area contributed by atoms with E-state index in [-0.39, 0.29) is 11.8 Å². The Morgan fingerprint density at radius 2 is 1.63 bits per heavy atom. The van der Waals surface area contributed by atoms with Crippen LogP contribution in [0.15, 0.2) is 59.5 Å². The van der Waals surface area contributed by atoms with Gasteiger partial charge in [0, 0.05) is 31.2 Å². The molecule has 27 heavy (non-hydrogen) atoms. The van der Waals surface area contributed by atoms with Crippen LogP contribution in [0, 0.1) is 12.8 Å².